The largest absolute Gasteiger partial charge is 0.485 e. The predicted molar refractivity (Wildman–Crippen MR) is 90.3 cm³/mol. The van der Waals surface area contributed by atoms with Crippen molar-refractivity contribution in [1.82, 2.24) is 20.2 Å². The van der Waals surface area contributed by atoms with Gasteiger partial charge in [-0.25, -0.2) is 9.18 Å². The van der Waals surface area contributed by atoms with E-state index in [4.69, 9.17) is 9.47 Å². The third-order valence-electron chi connectivity index (χ3n) is 3.39. The van der Waals surface area contributed by atoms with Crippen LogP contribution in [0, 0.1) is 5.82 Å². The molecule has 0 fully saturated rings. The van der Waals surface area contributed by atoms with E-state index in [0.29, 0.717) is 11.6 Å². The van der Waals surface area contributed by atoms with E-state index < -0.39 is 24.2 Å². The van der Waals surface area contributed by atoms with Gasteiger partial charge >= 0.3 is 5.97 Å². The molecule has 0 bridgehead atoms. The molecular formula is C18H15FN4O4. The highest BCUT2D eigenvalue weighted by Gasteiger charge is 2.13. The van der Waals surface area contributed by atoms with Gasteiger partial charge in [-0.15, -0.1) is 10.2 Å². The molecular weight excluding hydrogens is 355 g/mol. The van der Waals surface area contributed by atoms with Crippen molar-refractivity contribution in [1.29, 1.82) is 0 Å². The van der Waals surface area contributed by atoms with Crippen LogP contribution in [0.4, 0.5) is 4.39 Å². The van der Waals surface area contributed by atoms with Crippen LogP contribution >= 0.6 is 0 Å². The van der Waals surface area contributed by atoms with E-state index in [9.17, 15) is 14.0 Å². The summed E-state index contributed by atoms with van der Waals surface area (Å²) >= 11 is 0. The van der Waals surface area contributed by atoms with Crippen molar-refractivity contribution in [2.45, 2.75) is 13.2 Å². The molecule has 0 aliphatic heterocycles. The lowest BCUT2D eigenvalue weighted by molar-refractivity contribution is -0.143. The minimum absolute atomic E-state index is 0.0944. The smallest absolute Gasteiger partial charge is 0.330 e. The van der Waals surface area contributed by atoms with Gasteiger partial charge in [0.2, 0.25) is 5.82 Å². The van der Waals surface area contributed by atoms with Crippen LogP contribution in [0.2, 0.25) is 0 Å². The number of para-hydroxylation sites is 1. The number of hydrogen-bond acceptors (Lipinski definition) is 7. The number of Topliss-reactive ketones (excluding diaryl/α,β-unsaturated/α-hetero) is 1. The molecule has 0 saturated heterocycles. The van der Waals surface area contributed by atoms with Crippen molar-refractivity contribution in [3.63, 3.8) is 0 Å². The van der Waals surface area contributed by atoms with Gasteiger partial charge in [0.15, 0.2) is 25.5 Å². The van der Waals surface area contributed by atoms with Gasteiger partial charge in [-0.3, -0.25) is 4.79 Å². The maximum atomic E-state index is 13.1. The zero-order valence-corrected chi connectivity index (χ0v) is 14.1. The summed E-state index contributed by atoms with van der Waals surface area (Å²) < 4.78 is 23.4. The van der Waals surface area contributed by atoms with Crippen LogP contribution in [-0.2, 0) is 22.7 Å². The third-order valence-corrected chi connectivity index (χ3v) is 3.39. The van der Waals surface area contributed by atoms with Gasteiger partial charge in [-0.2, -0.15) is 4.80 Å². The second-order valence-electron chi connectivity index (χ2n) is 5.43. The minimum atomic E-state index is -0.715. The number of hydrogen-bond donors (Lipinski definition) is 0. The standard InChI is InChI=1S/C18H15FN4O4/c19-14-6-4-5-13(9-14)16(24)11-27-18(25)10-23-21-17(20-22-23)12-26-15-7-2-1-3-8-15/h1-9H,10-12H2. The fourth-order valence-electron chi connectivity index (χ4n) is 2.12. The van der Waals surface area contributed by atoms with E-state index in [2.05, 4.69) is 15.4 Å². The number of ketones is 1. The Morgan fingerprint density at radius 2 is 1.89 bits per heavy atom. The van der Waals surface area contributed by atoms with Crippen LogP contribution in [0.1, 0.15) is 16.2 Å². The molecule has 0 aliphatic carbocycles. The Balaban J connectivity index is 1.45. The Hall–Kier alpha value is -3.62. The molecule has 0 radical (unpaired) electrons. The second kappa shape index (κ2) is 8.65. The number of tetrazole rings is 1. The molecule has 9 heteroatoms. The molecule has 3 aromatic rings. The van der Waals surface area contributed by atoms with Crippen molar-refractivity contribution in [2.75, 3.05) is 6.61 Å². The molecule has 3 rings (SSSR count). The number of esters is 1. The molecule has 138 valence electrons. The fourth-order valence-corrected chi connectivity index (χ4v) is 2.12. The van der Waals surface area contributed by atoms with Crippen LogP contribution in [0.25, 0.3) is 0 Å². The summed E-state index contributed by atoms with van der Waals surface area (Å²) in [5.74, 6) is -0.810. The molecule has 0 aliphatic rings. The van der Waals surface area contributed by atoms with Gasteiger partial charge in [-0.05, 0) is 29.5 Å². The van der Waals surface area contributed by atoms with Crippen LogP contribution in [0.3, 0.4) is 0 Å². The molecule has 8 nitrogen and oxygen atoms in total. The van der Waals surface area contributed by atoms with E-state index in [1.54, 1.807) is 12.1 Å². The second-order valence-corrected chi connectivity index (χ2v) is 5.43. The normalized spacial score (nSPS) is 10.4. The van der Waals surface area contributed by atoms with Crippen molar-refractivity contribution in [3.8, 4) is 5.75 Å². The number of carbonyl (C=O) groups excluding carboxylic acids is 2. The molecule has 0 saturated carbocycles. The van der Waals surface area contributed by atoms with Gasteiger partial charge in [0.05, 0.1) is 0 Å². The van der Waals surface area contributed by atoms with E-state index in [1.807, 2.05) is 18.2 Å². The Kier molecular flexibility index (Phi) is 5.83. The SMILES string of the molecule is O=C(Cn1nnc(COc2ccccc2)n1)OCC(=O)c1cccc(F)c1. The molecule has 27 heavy (non-hydrogen) atoms. The molecule has 0 unspecified atom stereocenters. The van der Waals surface area contributed by atoms with Gasteiger partial charge in [-0.1, -0.05) is 30.3 Å². The lowest BCUT2D eigenvalue weighted by atomic mass is 10.1. The maximum Gasteiger partial charge on any atom is 0.330 e. The number of carbonyl (C=O) groups is 2. The first-order valence-corrected chi connectivity index (χ1v) is 7.99. The summed E-state index contributed by atoms with van der Waals surface area (Å²) in [6, 6.07) is 14.3. The van der Waals surface area contributed by atoms with Crippen molar-refractivity contribution in [2.24, 2.45) is 0 Å². The average Bonchev–Trinajstić information content (AvgIpc) is 3.12. The van der Waals surface area contributed by atoms with E-state index in [1.165, 1.54) is 18.2 Å². The van der Waals surface area contributed by atoms with Gasteiger partial charge < -0.3 is 9.47 Å². The summed E-state index contributed by atoms with van der Waals surface area (Å²) in [6.07, 6.45) is 0. The summed E-state index contributed by atoms with van der Waals surface area (Å²) in [5, 5.41) is 11.5. The van der Waals surface area contributed by atoms with Crippen molar-refractivity contribution >= 4 is 11.8 Å². The number of aromatic nitrogens is 4. The molecule has 2 aromatic carbocycles. The summed E-state index contributed by atoms with van der Waals surface area (Å²) in [7, 11) is 0. The first-order valence-electron chi connectivity index (χ1n) is 7.99. The van der Waals surface area contributed by atoms with Gasteiger partial charge in [0.1, 0.15) is 11.6 Å². The summed E-state index contributed by atoms with van der Waals surface area (Å²) in [5.41, 5.74) is 0.127. The maximum absolute atomic E-state index is 13.1. The van der Waals surface area contributed by atoms with Crippen LogP contribution < -0.4 is 4.74 Å². The van der Waals surface area contributed by atoms with E-state index >= 15 is 0 Å². The highest BCUT2D eigenvalue weighted by molar-refractivity contribution is 5.97. The monoisotopic (exact) mass is 370 g/mol. The number of benzene rings is 2. The highest BCUT2D eigenvalue weighted by atomic mass is 19.1. The Bertz CT molecular complexity index is 930. The Morgan fingerprint density at radius 3 is 2.67 bits per heavy atom. The molecule has 0 amide bonds. The van der Waals surface area contributed by atoms with Crippen LogP contribution in [0.15, 0.2) is 54.6 Å². The van der Waals surface area contributed by atoms with Crippen LogP contribution in [-0.4, -0.2) is 38.6 Å². The molecule has 0 atom stereocenters. The number of nitrogens with zero attached hydrogens (tertiary/aromatic N) is 4. The minimum Gasteiger partial charge on any atom is -0.485 e. The van der Waals surface area contributed by atoms with Gasteiger partial charge in [0, 0.05) is 5.56 Å². The molecule has 1 aromatic heterocycles. The number of ether oxygens (including phenoxy) is 2. The van der Waals surface area contributed by atoms with Crippen LogP contribution in [0.5, 0.6) is 5.75 Å². The topological polar surface area (TPSA) is 96.2 Å². The quantitative estimate of drug-likeness (QED) is 0.441. The molecule has 0 N–H and O–H groups in total. The summed E-state index contributed by atoms with van der Waals surface area (Å²) in [6.45, 7) is -0.715. The molecule has 0 spiro atoms. The third kappa shape index (κ3) is 5.43. The predicted octanol–water partition coefficient (Wildman–Crippen LogP) is 1.82. The fraction of sp³-hybridized carbons (Fsp3) is 0.167. The lowest BCUT2D eigenvalue weighted by Gasteiger charge is -2.04. The summed E-state index contributed by atoms with van der Waals surface area (Å²) in [4.78, 5) is 24.7. The number of halogens is 1. The lowest BCUT2D eigenvalue weighted by Crippen LogP contribution is -2.20. The average molecular weight is 370 g/mol. The van der Waals surface area contributed by atoms with E-state index in [0.717, 1.165) is 10.9 Å². The zero-order chi connectivity index (χ0) is 19.1. The Morgan fingerprint density at radius 1 is 1.07 bits per heavy atom. The first kappa shape index (κ1) is 18.2. The Labute approximate surface area is 153 Å². The highest BCUT2D eigenvalue weighted by Crippen LogP contribution is 2.09. The zero-order valence-electron chi connectivity index (χ0n) is 14.1. The van der Waals surface area contributed by atoms with Gasteiger partial charge in [0.25, 0.3) is 0 Å². The molecule has 1 heterocycles. The first-order chi connectivity index (χ1) is 13.1. The van der Waals surface area contributed by atoms with Crippen molar-refractivity contribution < 1.29 is 23.5 Å². The number of rotatable bonds is 8. The van der Waals surface area contributed by atoms with E-state index in [-0.39, 0.29) is 18.7 Å². The van der Waals surface area contributed by atoms with Crippen molar-refractivity contribution in [3.05, 3.63) is 71.8 Å².